The zero-order valence-electron chi connectivity index (χ0n) is 6.18. The van der Waals surface area contributed by atoms with Crippen LogP contribution in [0.1, 0.15) is 0 Å². The van der Waals surface area contributed by atoms with Gasteiger partial charge < -0.3 is 10.6 Å². The molecule has 1 atom stereocenters. The van der Waals surface area contributed by atoms with Gasteiger partial charge in [0.2, 0.25) is 5.91 Å². The van der Waals surface area contributed by atoms with Gasteiger partial charge in [0, 0.05) is 25.3 Å². The largest absolute Gasteiger partial charge is 0.386 e. The molecule has 2 aliphatic rings. The van der Waals surface area contributed by atoms with E-state index in [-0.39, 0.29) is 11.9 Å². The Morgan fingerprint density at radius 3 is 3.09 bits per heavy atom. The van der Waals surface area contributed by atoms with Gasteiger partial charge in [0.05, 0.1) is 0 Å². The maximum Gasteiger partial charge on any atom is 0.243 e. The number of fused-ring (bicyclic) bond motifs is 1. The molecule has 0 aromatic carbocycles. The van der Waals surface area contributed by atoms with Gasteiger partial charge in [-0.3, -0.25) is 10.1 Å². The summed E-state index contributed by atoms with van der Waals surface area (Å²) in [5.74, 6) is 0.0784. The first-order valence-corrected chi connectivity index (χ1v) is 3.83. The summed E-state index contributed by atoms with van der Waals surface area (Å²) in [5, 5.41) is 9.08. The highest BCUT2D eigenvalue weighted by molar-refractivity contribution is 5.86. The van der Waals surface area contributed by atoms with Crippen LogP contribution in [0.5, 0.6) is 0 Å². The van der Waals surface area contributed by atoms with Crippen LogP contribution in [-0.2, 0) is 4.79 Å². The number of rotatable bonds is 0. The van der Waals surface area contributed by atoms with Gasteiger partial charge in [-0.05, 0) is 6.08 Å². The molecule has 1 amide bonds. The Balaban J connectivity index is 2.19. The van der Waals surface area contributed by atoms with E-state index in [0.29, 0.717) is 6.54 Å². The maximum atomic E-state index is 11.2. The van der Waals surface area contributed by atoms with Crippen molar-refractivity contribution < 1.29 is 4.79 Å². The number of hydrogen-bond donors (Lipinski definition) is 3. The van der Waals surface area contributed by atoms with Crippen LogP contribution in [0.3, 0.4) is 0 Å². The highest BCUT2D eigenvalue weighted by Gasteiger charge is 2.26. The first kappa shape index (κ1) is 6.67. The molecule has 0 aliphatic carbocycles. The van der Waals surface area contributed by atoms with Crippen LogP contribution in [0.25, 0.3) is 0 Å². The number of carbonyl (C=O) groups is 1. The molecule has 1 fully saturated rings. The number of nitrogens with one attached hydrogen (secondary N) is 3. The number of amides is 1. The van der Waals surface area contributed by atoms with Gasteiger partial charge in [-0.1, -0.05) is 0 Å². The minimum atomic E-state index is -0.127. The second-order valence-electron chi connectivity index (χ2n) is 2.72. The second-order valence-corrected chi connectivity index (χ2v) is 2.72. The van der Waals surface area contributed by atoms with Crippen LogP contribution in [0.15, 0.2) is 11.8 Å². The van der Waals surface area contributed by atoms with Crippen LogP contribution in [0.4, 0.5) is 0 Å². The van der Waals surface area contributed by atoms with Gasteiger partial charge in [0.15, 0.2) is 0 Å². The predicted octanol–water partition coefficient (Wildman–Crippen LogP) is -1.44. The fourth-order valence-electron chi connectivity index (χ4n) is 1.42. The lowest BCUT2D eigenvalue weighted by atomic mass is 10.1. The molecule has 0 spiro atoms. The summed E-state index contributed by atoms with van der Waals surface area (Å²) in [6, 6.07) is -0.127. The highest BCUT2D eigenvalue weighted by atomic mass is 16.2. The van der Waals surface area contributed by atoms with E-state index < -0.39 is 0 Å². The van der Waals surface area contributed by atoms with Crippen LogP contribution in [-0.4, -0.2) is 31.6 Å². The average molecular weight is 153 g/mol. The molecule has 1 saturated heterocycles. The molecular weight excluding hydrogens is 142 g/mol. The van der Waals surface area contributed by atoms with Crippen molar-refractivity contribution in [2.24, 2.45) is 0 Å². The van der Waals surface area contributed by atoms with Crippen molar-refractivity contribution in [1.29, 1.82) is 0 Å². The third-order valence-corrected chi connectivity index (χ3v) is 1.97. The molecule has 2 aliphatic heterocycles. The predicted molar refractivity (Wildman–Crippen MR) is 40.9 cm³/mol. The second kappa shape index (κ2) is 2.54. The van der Waals surface area contributed by atoms with Gasteiger partial charge in [-0.25, -0.2) is 0 Å². The molecule has 4 nitrogen and oxygen atoms in total. The molecule has 3 N–H and O–H groups in total. The van der Waals surface area contributed by atoms with E-state index in [4.69, 9.17) is 0 Å². The number of hydrogen-bond acceptors (Lipinski definition) is 3. The lowest BCUT2D eigenvalue weighted by Crippen LogP contribution is -2.56. The van der Waals surface area contributed by atoms with Crippen LogP contribution < -0.4 is 16.0 Å². The molecule has 0 aromatic heterocycles. The summed E-state index contributed by atoms with van der Waals surface area (Å²) in [4.78, 5) is 11.2. The van der Waals surface area contributed by atoms with Crippen molar-refractivity contribution in [3.05, 3.63) is 11.8 Å². The van der Waals surface area contributed by atoms with Crippen molar-refractivity contribution in [3.8, 4) is 0 Å². The summed E-state index contributed by atoms with van der Waals surface area (Å²) in [6.07, 6.45) is 2.01. The van der Waals surface area contributed by atoms with E-state index in [2.05, 4.69) is 16.0 Å². The van der Waals surface area contributed by atoms with Crippen molar-refractivity contribution in [2.45, 2.75) is 6.04 Å². The summed E-state index contributed by atoms with van der Waals surface area (Å²) < 4.78 is 0. The molecule has 0 radical (unpaired) electrons. The Morgan fingerprint density at radius 2 is 2.27 bits per heavy atom. The van der Waals surface area contributed by atoms with Crippen LogP contribution >= 0.6 is 0 Å². The molecule has 0 saturated carbocycles. The molecule has 0 aromatic rings. The molecule has 11 heavy (non-hydrogen) atoms. The smallest absolute Gasteiger partial charge is 0.243 e. The minimum absolute atomic E-state index is 0.0784. The topological polar surface area (TPSA) is 53.2 Å². The first-order chi connectivity index (χ1) is 5.38. The van der Waals surface area contributed by atoms with Crippen molar-refractivity contribution in [2.75, 3.05) is 19.6 Å². The molecule has 60 valence electrons. The number of piperazine rings is 1. The normalized spacial score (nSPS) is 29.6. The van der Waals surface area contributed by atoms with Crippen LogP contribution in [0.2, 0.25) is 0 Å². The van der Waals surface area contributed by atoms with E-state index in [1.165, 1.54) is 0 Å². The highest BCUT2D eigenvalue weighted by Crippen LogP contribution is 2.05. The first-order valence-electron chi connectivity index (χ1n) is 3.83. The van der Waals surface area contributed by atoms with E-state index >= 15 is 0 Å². The third kappa shape index (κ3) is 1.09. The lowest BCUT2D eigenvalue weighted by molar-refractivity contribution is -0.122. The van der Waals surface area contributed by atoms with Gasteiger partial charge in [-0.15, -0.1) is 0 Å². The summed E-state index contributed by atoms with van der Waals surface area (Å²) >= 11 is 0. The van der Waals surface area contributed by atoms with Gasteiger partial charge in [0.25, 0.3) is 0 Å². The molecule has 0 bridgehead atoms. The fraction of sp³-hybridized carbons (Fsp3) is 0.571. The van der Waals surface area contributed by atoms with Crippen LogP contribution in [0, 0.1) is 0 Å². The Labute approximate surface area is 65.0 Å². The van der Waals surface area contributed by atoms with Gasteiger partial charge in [0.1, 0.15) is 6.04 Å². The Morgan fingerprint density at radius 1 is 1.36 bits per heavy atom. The molecule has 4 heteroatoms. The zero-order chi connectivity index (χ0) is 7.68. The maximum absolute atomic E-state index is 11.2. The summed E-state index contributed by atoms with van der Waals surface area (Å²) in [7, 11) is 0. The zero-order valence-corrected chi connectivity index (χ0v) is 6.18. The molecule has 1 unspecified atom stereocenters. The standard InChI is InChI=1S/C7H11N3O/c11-7-6-5(1-2-10-7)8-3-4-9-6/h1,6,8-9H,2-4H2,(H,10,11). The minimum Gasteiger partial charge on any atom is -0.386 e. The van der Waals surface area contributed by atoms with Gasteiger partial charge in [-0.2, -0.15) is 0 Å². The Bertz CT molecular complexity index is 212. The van der Waals surface area contributed by atoms with Crippen molar-refractivity contribution >= 4 is 5.91 Å². The molecule has 2 rings (SSSR count). The Kier molecular flexibility index (Phi) is 1.54. The molecule has 2 heterocycles. The third-order valence-electron chi connectivity index (χ3n) is 1.97. The summed E-state index contributed by atoms with van der Waals surface area (Å²) in [6.45, 7) is 2.42. The lowest BCUT2D eigenvalue weighted by Gasteiger charge is -2.30. The number of carbonyl (C=O) groups excluding carboxylic acids is 1. The van der Waals surface area contributed by atoms with E-state index in [1.54, 1.807) is 0 Å². The SMILES string of the molecule is O=C1NCC=C2NCCNC12. The van der Waals surface area contributed by atoms with Crippen molar-refractivity contribution in [3.63, 3.8) is 0 Å². The van der Waals surface area contributed by atoms with E-state index in [0.717, 1.165) is 18.8 Å². The monoisotopic (exact) mass is 153 g/mol. The Hall–Kier alpha value is -1.03. The quantitative estimate of drug-likeness (QED) is 0.399. The van der Waals surface area contributed by atoms with E-state index in [1.807, 2.05) is 6.08 Å². The van der Waals surface area contributed by atoms with E-state index in [9.17, 15) is 4.79 Å². The van der Waals surface area contributed by atoms with Gasteiger partial charge >= 0.3 is 0 Å². The molecular formula is C7H11N3O. The summed E-state index contributed by atoms with van der Waals surface area (Å²) in [5.41, 5.74) is 1.03. The average Bonchev–Trinajstić information content (AvgIpc) is 2.06. The fourth-order valence-corrected chi connectivity index (χ4v) is 1.42. The van der Waals surface area contributed by atoms with Crippen molar-refractivity contribution in [1.82, 2.24) is 16.0 Å².